The van der Waals surface area contributed by atoms with Gasteiger partial charge in [-0.05, 0) is 12.1 Å². The maximum absolute atomic E-state index is 10.9. The Bertz CT molecular complexity index is 622. The fraction of sp³-hybridized carbons (Fsp3) is 0.0833. The number of benzene rings is 1. The smallest absolute Gasteiger partial charge is 0.356 e. The van der Waals surface area contributed by atoms with E-state index in [-0.39, 0.29) is 10.7 Å². The lowest BCUT2D eigenvalue weighted by Crippen LogP contribution is -2.05. The second-order valence-electron chi connectivity index (χ2n) is 3.51. The number of hydrogen-bond acceptors (Lipinski definition) is 4. The summed E-state index contributed by atoms with van der Waals surface area (Å²) < 4.78 is 0. The Balaban J connectivity index is 2.14. The second kappa shape index (κ2) is 6.23. The standard InChI is InChI=1S/C12H8Cl2N2O2S/c13-7-3-1-2-4-9(7)19-6-10-15-5-8(14)11(16-10)12(17)18/h1-5H,6H2,(H,17,18). The van der Waals surface area contributed by atoms with Crippen molar-refractivity contribution >= 4 is 40.9 Å². The van der Waals surface area contributed by atoms with E-state index in [1.807, 2.05) is 18.2 Å². The summed E-state index contributed by atoms with van der Waals surface area (Å²) in [6.07, 6.45) is 1.29. The van der Waals surface area contributed by atoms with Crippen molar-refractivity contribution in [2.45, 2.75) is 10.6 Å². The number of carbonyl (C=O) groups is 1. The van der Waals surface area contributed by atoms with E-state index in [0.29, 0.717) is 16.6 Å². The van der Waals surface area contributed by atoms with Crippen LogP contribution in [0.3, 0.4) is 0 Å². The molecule has 0 spiro atoms. The first-order valence-corrected chi connectivity index (χ1v) is 6.94. The zero-order valence-corrected chi connectivity index (χ0v) is 11.8. The van der Waals surface area contributed by atoms with Crippen LogP contribution in [0.25, 0.3) is 0 Å². The van der Waals surface area contributed by atoms with Gasteiger partial charge in [0.15, 0.2) is 5.69 Å². The number of rotatable bonds is 4. The summed E-state index contributed by atoms with van der Waals surface area (Å²) in [7, 11) is 0. The number of thioether (sulfide) groups is 1. The molecule has 0 aliphatic heterocycles. The lowest BCUT2D eigenvalue weighted by molar-refractivity contribution is 0.0690. The summed E-state index contributed by atoms with van der Waals surface area (Å²) in [6, 6.07) is 7.38. The van der Waals surface area contributed by atoms with Crippen LogP contribution in [0.15, 0.2) is 35.4 Å². The Morgan fingerprint density at radius 1 is 1.26 bits per heavy atom. The van der Waals surface area contributed by atoms with E-state index in [0.717, 1.165) is 4.90 Å². The van der Waals surface area contributed by atoms with Gasteiger partial charge in [0.25, 0.3) is 0 Å². The molecule has 98 valence electrons. The molecule has 1 aromatic heterocycles. The maximum Gasteiger partial charge on any atom is 0.356 e. The van der Waals surface area contributed by atoms with Gasteiger partial charge in [-0.15, -0.1) is 11.8 Å². The molecule has 1 aromatic carbocycles. The van der Waals surface area contributed by atoms with Gasteiger partial charge in [-0.3, -0.25) is 0 Å². The van der Waals surface area contributed by atoms with Gasteiger partial charge in [-0.25, -0.2) is 14.8 Å². The Labute approximate surface area is 123 Å². The molecule has 0 bridgehead atoms. The monoisotopic (exact) mass is 314 g/mol. The van der Waals surface area contributed by atoms with Gasteiger partial charge in [-0.2, -0.15) is 0 Å². The average Bonchev–Trinajstić information content (AvgIpc) is 2.39. The van der Waals surface area contributed by atoms with E-state index in [1.165, 1.54) is 18.0 Å². The van der Waals surface area contributed by atoms with Crippen LogP contribution in [0.5, 0.6) is 0 Å². The van der Waals surface area contributed by atoms with Gasteiger partial charge in [0.2, 0.25) is 0 Å². The SMILES string of the molecule is O=C(O)c1nc(CSc2ccccc2Cl)ncc1Cl. The first-order valence-electron chi connectivity index (χ1n) is 5.20. The molecule has 19 heavy (non-hydrogen) atoms. The number of aromatic nitrogens is 2. The summed E-state index contributed by atoms with van der Waals surface area (Å²) in [4.78, 5) is 19.7. The lowest BCUT2D eigenvalue weighted by Gasteiger charge is -2.04. The average molecular weight is 315 g/mol. The van der Waals surface area contributed by atoms with Crippen molar-refractivity contribution < 1.29 is 9.90 Å². The van der Waals surface area contributed by atoms with E-state index in [2.05, 4.69) is 9.97 Å². The van der Waals surface area contributed by atoms with E-state index in [9.17, 15) is 4.79 Å². The van der Waals surface area contributed by atoms with Crippen LogP contribution >= 0.6 is 35.0 Å². The molecule has 0 aliphatic carbocycles. The summed E-state index contributed by atoms with van der Waals surface area (Å²) in [5.41, 5.74) is -0.188. The Kier molecular flexibility index (Phi) is 4.63. The molecule has 1 N–H and O–H groups in total. The van der Waals surface area contributed by atoms with E-state index in [4.69, 9.17) is 28.3 Å². The molecule has 2 aromatic rings. The van der Waals surface area contributed by atoms with Crippen molar-refractivity contribution in [3.05, 3.63) is 52.0 Å². The van der Waals surface area contributed by atoms with Gasteiger partial charge >= 0.3 is 5.97 Å². The highest BCUT2D eigenvalue weighted by molar-refractivity contribution is 7.98. The zero-order valence-electron chi connectivity index (χ0n) is 9.51. The van der Waals surface area contributed by atoms with Crippen LogP contribution in [-0.4, -0.2) is 21.0 Å². The van der Waals surface area contributed by atoms with E-state index in [1.54, 1.807) is 6.07 Å². The summed E-state index contributed by atoms with van der Waals surface area (Å²) >= 11 is 13.2. The molecule has 0 saturated heterocycles. The lowest BCUT2D eigenvalue weighted by atomic mass is 10.4. The van der Waals surface area contributed by atoms with Crippen LogP contribution in [0.4, 0.5) is 0 Å². The third-order valence-corrected chi connectivity index (χ3v) is 3.98. The summed E-state index contributed by atoms with van der Waals surface area (Å²) in [5, 5.41) is 9.58. The van der Waals surface area contributed by atoms with Crippen LogP contribution in [0.2, 0.25) is 10.0 Å². The predicted molar refractivity (Wildman–Crippen MR) is 75.0 cm³/mol. The minimum atomic E-state index is -1.17. The van der Waals surface area contributed by atoms with E-state index >= 15 is 0 Å². The van der Waals surface area contributed by atoms with Crippen LogP contribution < -0.4 is 0 Å². The number of hydrogen-bond donors (Lipinski definition) is 1. The Morgan fingerprint density at radius 2 is 2.00 bits per heavy atom. The number of aromatic carboxylic acids is 1. The molecular weight excluding hydrogens is 307 g/mol. The molecule has 0 fully saturated rings. The Hall–Kier alpha value is -1.30. The summed E-state index contributed by atoms with van der Waals surface area (Å²) in [5.74, 6) is -0.357. The molecule has 1 heterocycles. The van der Waals surface area contributed by atoms with Crippen LogP contribution in [0, 0.1) is 0 Å². The molecule has 0 aliphatic rings. The molecule has 0 amide bonds. The van der Waals surface area contributed by atoms with Gasteiger partial charge in [0, 0.05) is 4.90 Å². The first kappa shape index (κ1) is 14.1. The zero-order chi connectivity index (χ0) is 13.8. The molecular formula is C12H8Cl2N2O2S. The largest absolute Gasteiger partial charge is 0.476 e. The third-order valence-electron chi connectivity index (χ3n) is 2.19. The number of carboxylic acids is 1. The fourth-order valence-electron chi connectivity index (χ4n) is 1.33. The maximum atomic E-state index is 10.9. The molecule has 0 atom stereocenters. The minimum Gasteiger partial charge on any atom is -0.476 e. The molecule has 0 saturated carbocycles. The van der Waals surface area contributed by atoms with Crippen LogP contribution in [0.1, 0.15) is 16.3 Å². The highest BCUT2D eigenvalue weighted by Crippen LogP contribution is 2.28. The molecule has 0 radical (unpaired) electrons. The Morgan fingerprint density at radius 3 is 2.68 bits per heavy atom. The third kappa shape index (κ3) is 3.59. The number of nitrogens with zero attached hydrogens (tertiary/aromatic N) is 2. The molecule has 0 unspecified atom stereocenters. The van der Waals surface area contributed by atoms with Crippen molar-refractivity contribution in [2.75, 3.05) is 0 Å². The highest BCUT2D eigenvalue weighted by atomic mass is 35.5. The quantitative estimate of drug-likeness (QED) is 0.870. The van der Waals surface area contributed by atoms with Crippen molar-refractivity contribution in [1.82, 2.24) is 9.97 Å². The van der Waals surface area contributed by atoms with Gasteiger partial charge in [0.05, 0.1) is 22.0 Å². The van der Waals surface area contributed by atoms with Crippen LogP contribution in [-0.2, 0) is 5.75 Å². The number of carboxylic acid groups (broad SMARTS) is 1. The normalized spacial score (nSPS) is 10.4. The van der Waals surface area contributed by atoms with Gasteiger partial charge < -0.3 is 5.11 Å². The molecule has 7 heteroatoms. The van der Waals surface area contributed by atoms with Gasteiger partial charge in [-0.1, -0.05) is 35.3 Å². The highest BCUT2D eigenvalue weighted by Gasteiger charge is 2.12. The van der Waals surface area contributed by atoms with Crippen molar-refractivity contribution in [2.24, 2.45) is 0 Å². The minimum absolute atomic E-state index is 0.0268. The van der Waals surface area contributed by atoms with Gasteiger partial charge in [0.1, 0.15) is 5.82 Å². The number of halogens is 2. The summed E-state index contributed by atoms with van der Waals surface area (Å²) in [6.45, 7) is 0. The first-order chi connectivity index (χ1) is 9.08. The topological polar surface area (TPSA) is 63.1 Å². The van der Waals surface area contributed by atoms with Crippen molar-refractivity contribution in [1.29, 1.82) is 0 Å². The predicted octanol–water partition coefficient (Wildman–Crippen LogP) is 3.77. The van der Waals surface area contributed by atoms with Crippen molar-refractivity contribution in [3.63, 3.8) is 0 Å². The van der Waals surface area contributed by atoms with E-state index < -0.39 is 5.97 Å². The van der Waals surface area contributed by atoms with Crippen molar-refractivity contribution in [3.8, 4) is 0 Å². The molecule has 2 rings (SSSR count). The molecule has 4 nitrogen and oxygen atoms in total. The second-order valence-corrected chi connectivity index (χ2v) is 5.34. The fourth-order valence-corrected chi connectivity index (χ4v) is 2.60.